The van der Waals surface area contributed by atoms with Crippen molar-refractivity contribution in [1.29, 1.82) is 0 Å². The van der Waals surface area contributed by atoms with Crippen molar-refractivity contribution in [3.05, 3.63) is 34.1 Å². The first-order valence-electron chi connectivity index (χ1n) is 5.21. The van der Waals surface area contributed by atoms with Crippen LogP contribution in [0.3, 0.4) is 0 Å². The Morgan fingerprint density at radius 3 is 2.88 bits per heavy atom. The molecule has 0 atom stereocenters. The van der Waals surface area contributed by atoms with Crippen molar-refractivity contribution in [1.82, 2.24) is 9.36 Å². The van der Waals surface area contributed by atoms with Crippen molar-refractivity contribution in [2.75, 3.05) is 0 Å². The normalized spacial score (nSPS) is 10.8. The van der Waals surface area contributed by atoms with E-state index in [2.05, 4.69) is 44.3 Å². The summed E-state index contributed by atoms with van der Waals surface area (Å²) < 4.78 is 6.29. The standard InChI is InChI=1S/C11H12BrN3S2/c1-2-10-14-11(17-15-10)16-9-4-7(6-13)3-8(12)5-9/h3-5H,2,6,13H2,1H3. The van der Waals surface area contributed by atoms with Gasteiger partial charge in [-0.3, -0.25) is 0 Å². The summed E-state index contributed by atoms with van der Waals surface area (Å²) in [5, 5.41) is 0. The van der Waals surface area contributed by atoms with E-state index in [9.17, 15) is 0 Å². The van der Waals surface area contributed by atoms with Gasteiger partial charge in [0.1, 0.15) is 5.82 Å². The zero-order chi connectivity index (χ0) is 12.3. The van der Waals surface area contributed by atoms with Gasteiger partial charge in [0.2, 0.25) is 0 Å². The number of nitrogens with two attached hydrogens (primary N) is 1. The zero-order valence-corrected chi connectivity index (χ0v) is 12.5. The first-order valence-corrected chi connectivity index (χ1v) is 7.59. The van der Waals surface area contributed by atoms with Crippen LogP contribution in [-0.4, -0.2) is 9.36 Å². The van der Waals surface area contributed by atoms with Gasteiger partial charge in [-0.15, -0.1) is 0 Å². The van der Waals surface area contributed by atoms with Gasteiger partial charge in [0.25, 0.3) is 0 Å². The molecule has 0 aliphatic carbocycles. The molecule has 0 unspecified atom stereocenters. The number of nitrogens with zero attached hydrogens (tertiary/aromatic N) is 2. The maximum absolute atomic E-state index is 5.65. The Labute approximate surface area is 117 Å². The Morgan fingerprint density at radius 2 is 2.24 bits per heavy atom. The average Bonchev–Trinajstić information content (AvgIpc) is 2.76. The monoisotopic (exact) mass is 329 g/mol. The summed E-state index contributed by atoms with van der Waals surface area (Å²) in [6.07, 6.45) is 0.879. The molecular weight excluding hydrogens is 318 g/mol. The highest BCUT2D eigenvalue weighted by Crippen LogP contribution is 2.31. The maximum Gasteiger partial charge on any atom is 0.174 e. The van der Waals surface area contributed by atoms with E-state index < -0.39 is 0 Å². The summed E-state index contributed by atoms with van der Waals surface area (Å²) in [6, 6.07) is 6.18. The van der Waals surface area contributed by atoms with E-state index in [1.54, 1.807) is 11.8 Å². The predicted octanol–water partition coefficient (Wildman–Crippen LogP) is 3.47. The average molecular weight is 330 g/mol. The third-order valence-electron chi connectivity index (χ3n) is 2.14. The van der Waals surface area contributed by atoms with Gasteiger partial charge in [0, 0.05) is 22.3 Å². The number of hydrogen-bond acceptors (Lipinski definition) is 5. The number of rotatable bonds is 4. The van der Waals surface area contributed by atoms with Gasteiger partial charge in [-0.25, -0.2) is 4.98 Å². The van der Waals surface area contributed by atoms with E-state index in [1.165, 1.54) is 11.5 Å². The summed E-state index contributed by atoms with van der Waals surface area (Å²) in [7, 11) is 0. The van der Waals surface area contributed by atoms with Gasteiger partial charge >= 0.3 is 0 Å². The van der Waals surface area contributed by atoms with Gasteiger partial charge in [0.15, 0.2) is 4.34 Å². The molecule has 2 rings (SSSR count). The Hall–Kier alpha value is -0.430. The summed E-state index contributed by atoms with van der Waals surface area (Å²) in [5.41, 5.74) is 6.76. The van der Waals surface area contributed by atoms with Crippen molar-refractivity contribution in [2.24, 2.45) is 5.73 Å². The molecule has 0 spiro atoms. The van der Waals surface area contributed by atoms with Crippen LogP contribution < -0.4 is 5.73 Å². The highest BCUT2D eigenvalue weighted by atomic mass is 79.9. The molecule has 1 aromatic carbocycles. The number of benzene rings is 1. The van der Waals surface area contributed by atoms with Crippen molar-refractivity contribution < 1.29 is 0 Å². The number of halogens is 1. The second-order valence-electron chi connectivity index (χ2n) is 3.43. The molecule has 0 saturated heterocycles. The molecule has 0 aliphatic rings. The minimum atomic E-state index is 0.545. The van der Waals surface area contributed by atoms with Gasteiger partial charge in [-0.1, -0.05) is 34.6 Å². The Kier molecular flexibility index (Phi) is 4.55. The lowest BCUT2D eigenvalue weighted by molar-refractivity contribution is 0.971. The molecule has 1 heterocycles. The van der Waals surface area contributed by atoms with Crippen LogP contribution in [0.5, 0.6) is 0 Å². The molecule has 2 N–H and O–H groups in total. The number of aromatic nitrogens is 2. The molecule has 0 bridgehead atoms. The Morgan fingerprint density at radius 1 is 1.41 bits per heavy atom. The molecular formula is C11H12BrN3S2. The molecule has 1 aromatic heterocycles. The van der Waals surface area contributed by atoms with E-state index in [-0.39, 0.29) is 0 Å². The summed E-state index contributed by atoms with van der Waals surface area (Å²) in [4.78, 5) is 5.57. The third-order valence-corrected chi connectivity index (χ3v) is 4.36. The summed E-state index contributed by atoms with van der Waals surface area (Å²) in [6.45, 7) is 2.60. The maximum atomic E-state index is 5.65. The molecule has 3 nitrogen and oxygen atoms in total. The van der Waals surface area contributed by atoms with E-state index in [4.69, 9.17) is 5.73 Å². The van der Waals surface area contributed by atoms with Crippen LogP contribution in [0, 0.1) is 0 Å². The Balaban J connectivity index is 2.20. The molecule has 0 fully saturated rings. The summed E-state index contributed by atoms with van der Waals surface area (Å²) in [5.74, 6) is 0.909. The topological polar surface area (TPSA) is 51.8 Å². The van der Waals surface area contributed by atoms with E-state index >= 15 is 0 Å². The van der Waals surface area contributed by atoms with E-state index in [0.29, 0.717) is 6.54 Å². The second-order valence-corrected chi connectivity index (χ2v) is 6.42. The lowest BCUT2D eigenvalue weighted by Gasteiger charge is -2.02. The van der Waals surface area contributed by atoms with Crippen LogP contribution in [0.25, 0.3) is 0 Å². The van der Waals surface area contributed by atoms with Crippen LogP contribution in [-0.2, 0) is 13.0 Å². The predicted molar refractivity (Wildman–Crippen MR) is 75.4 cm³/mol. The van der Waals surface area contributed by atoms with Crippen molar-refractivity contribution in [2.45, 2.75) is 29.1 Å². The van der Waals surface area contributed by atoms with Crippen LogP contribution in [0.1, 0.15) is 18.3 Å². The molecule has 6 heteroatoms. The fourth-order valence-corrected chi connectivity index (χ4v) is 3.81. The first-order chi connectivity index (χ1) is 8.21. The van der Waals surface area contributed by atoms with Crippen LogP contribution in [0.2, 0.25) is 0 Å². The quantitative estimate of drug-likeness (QED) is 0.933. The summed E-state index contributed by atoms with van der Waals surface area (Å²) >= 11 is 6.55. The fourth-order valence-electron chi connectivity index (χ4n) is 1.32. The Bertz CT molecular complexity index is 513. The number of aryl methyl sites for hydroxylation is 1. The minimum absolute atomic E-state index is 0.545. The van der Waals surface area contributed by atoms with E-state index in [1.807, 2.05) is 6.07 Å². The molecule has 90 valence electrons. The molecule has 0 aliphatic heterocycles. The first kappa shape index (κ1) is 13.0. The molecule has 0 amide bonds. The molecule has 17 heavy (non-hydrogen) atoms. The second kappa shape index (κ2) is 5.95. The van der Waals surface area contributed by atoms with Crippen LogP contribution in [0.4, 0.5) is 0 Å². The highest BCUT2D eigenvalue weighted by Gasteiger charge is 2.06. The van der Waals surface area contributed by atoms with Crippen LogP contribution >= 0.6 is 39.2 Å². The van der Waals surface area contributed by atoms with E-state index in [0.717, 1.165) is 31.5 Å². The molecule has 2 aromatic rings. The molecule has 0 saturated carbocycles. The van der Waals surface area contributed by atoms with Gasteiger partial charge in [0.05, 0.1) is 0 Å². The third kappa shape index (κ3) is 3.51. The number of hydrogen-bond donors (Lipinski definition) is 1. The zero-order valence-electron chi connectivity index (χ0n) is 9.31. The molecule has 0 radical (unpaired) electrons. The van der Waals surface area contributed by atoms with Crippen molar-refractivity contribution in [3.8, 4) is 0 Å². The van der Waals surface area contributed by atoms with Gasteiger partial charge in [-0.05, 0) is 35.3 Å². The van der Waals surface area contributed by atoms with Gasteiger partial charge in [-0.2, -0.15) is 4.37 Å². The lowest BCUT2D eigenvalue weighted by atomic mass is 10.2. The fraction of sp³-hybridized carbons (Fsp3) is 0.273. The SMILES string of the molecule is CCc1nsc(Sc2cc(Br)cc(CN)c2)n1. The smallest absolute Gasteiger partial charge is 0.174 e. The minimum Gasteiger partial charge on any atom is -0.326 e. The highest BCUT2D eigenvalue weighted by molar-refractivity contribution is 9.10. The largest absolute Gasteiger partial charge is 0.326 e. The lowest BCUT2D eigenvalue weighted by Crippen LogP contribution is -1.96. The van der Waals surface area contributed by atoms with Crippen molar-refractivity contribution >= 4 is 39.2 Å². The van der Waals surface area contributed by atoms with Crippen LogP contribution in [0.15, 0.2) is 31.9 Å². The van der Waals surface area contributed by atoms with Crippen molar-refractivity contribution in [3.63, 3.8) is 0 Å². The van der Waals surface area contributed by atoms with Gasteiger partial charge < -0.3 is 5.73 Å².